The summed E-state index contributed by atoms with van der Waals surface area (Å²) in [5, 5.41) is 10.9. The molecule has 2 aromatic rings. The van der Waals surface area contributed by atoms with Gasteiger partial charge in [0.2, 0.25) is 29.5 Å². The maximum Gasteiger partial charge on any atom is 0.255 e. The number of hydrogen-bond donors (Lipinski definition) is 5. The summed E-state index contributed by atoms with van der Waals surface area (Å²) in [6.45, 7) is 6.03. The summed E-state index contributed by atoms with van der Waals surface area (Å²) in [4.78, 5) is 81.1. The molecule has 6 N–H and O–H groups in total. The number of hydrogen-bond acceptors (Lipinski definition) is 7. The largest absolute Gasteiger partial charge is 0.491 e. The predicted molar refractivity (Wildman–Crippen MR) is 173 cm³/mol. The summed E-state index contributed by atoms with van der Waals surface area (Å²) in [7, 11) is 0. The fourth-order valence-electron chi connectivity index (χ4n) is 5.70. The Labute approximate surface area is 274 Å². The Morgan fingerprint density at radius 2 is 1.53 bits per heavy atom. The van der Waals surface area contributed by atoms with E-state index in [2.05, 4.69) is 21.3 Å². The van der Waals surface area contributed by atoms with Crippen LogP contribution in [0, 0.1) is 5.92 Å². The molecule has 4 rings (SSSR count). The number of carbonyl (C=O) groups is 6. The van der Waals surface area contributed by atoms with Gasteiger partial charge >= 0.3 is 0 Å². The lowest BCUT2D eigenvalue weighted by atomic mass is 10.0. The number of carbonyl (C=O) groups excluding carboxylic acids is 6. The zero-order valence-electron chi connectivity index (χ0n) is 27.0. The fraction of sp³-hybridized carbons (Fsp3) is 0.471. The van der Waals surface area contributed by atoms with Crippen LogP contribution in [-0.4, -0.2) is 84.2 Å². The summed E-state index contributed by atoms with van der Waals surface area (Å²) < 4.78 is 5.94. The molecule has 0 fully saturated rings. The van der Waals surface area contributed by atoms with Gasteiger partial charge in [-0.2, -0.15) is 0 Å². The van der Waals surface area contributed by atoms with Gasteiger partial charge in [-0.3, -0.25) is 28.8 Å². The molecule has 13 nitrogen and oxygen atoms in total. The zero-order valence-corrected chi connectivity index (χ0v) is 27.0. The van der Waals surface area contributed by atoms with Crippen molar-refractivity contribution in [3.63, 3.8) is 0 Å². The van der Waals surface area contributed by atoms with Crippen LogP contribution in [0.3, 0.4) is 0 Å². The third-order valence-electron chi connectivity index (χ3n) is 8.31. The molecule has 0 unspecified atom stereocenters. The number of ether oxygens (including phenoxy) is 1. The molecule has 13 heteroatoms. The van der Waals surface area contributed by atoms with Gasteiger partial charge in [0.15, 0.2) is 0 Å². The highest BCUT2D eigenvalue weighted by Crippen LogP contribution is 2.20. The van der Waals surface area contributed by atoms with E-state index < -0.39 is 66.0 Å². The maximum atomic E-state index is 14.0. The lowest BCUT2D eigenvalue weighted by molar-refractivity contribution is -0.137. The first-order valence-corrected chi connectivity index (χ1v) is 16.0. The summed E-state index contributed by atoms with van der Waals surface area (Å²) in [5.74, 6) is -3.71. The second-order valence-corrected chi connectivity index (χ2v) is 12.4. The molecule has 0 radical (unpaired) electrons. The van der Waals surface area contributed by atoms with Gasteiger partial charge in [-0.25, -0.2) is 0 Å². The molecule has 2 heterocycles. The number of fused-ring (bicyclic) bond motifs is 2. The van der Waals surface area contributed by atoms with Crippen LogP contribution < -0.4 is 31.7 Å². The molecule has 6 amide bonds. The number of benzene rings is 2. The molecular weight excluding hydrogens is 604 g/mol. The van der Waals surface area contributed by atoms with E-state index in [4.69, 9.17) is 10.5 Å². The molecule has 0 aliphatic carbocycles. The van der Waals surface area contributed by atoms with Crippen LogP contribution in [-0.2, 0) is 36.8 Å². The summed E-state index contributed by atoms with van der Waals surface area (Å²) >= 11 is 0. The number of nitrogens with two attached hydrogens (primary N) is 1. The summed E-state index contributed by atoms with van der Waals surface area (Å²) in [5.41, 5.74) is 7.76. The van der Waals surface area contributed by atoms with Crippen molar-refractivity contribution in [2.24, 2.45) is 11.7 Å². The molecule has 0 saturated heterocycles. The molecule has 4 atom stereocenters. The van der Waals surface area contributed by atoms with Crippen LogP contribution in [0.5, 0.6) is 5.75 Å². The van der Waals surface area contributed by atoms with Crippen molar-refractivity contribution in [1.82, 2.24) is 26.2 Å². The first-order valence-electron chi connectivity index (χ1n) is 16.0. The number of nitrogens with one attached hydrogen (secondary N) is 4. The first kappa shape index (κ1) is 34.9. The van der Waals surface area contributed by atoms with Gasteiger partial charge in [0.25, 0.3) is 5.91 Å². The normalized spacial score (nSPS) is 23.0. The molecule has 0 spiro atoms. The lowest BCUT2D eigenvalue weighted by Gasteiger charge is -2.28. The Bertz CT molecular complexity index is 1470. The minimum atomic E-state index is -1.28. The second-order valence-electron chi connectivity index (χ2n) is 12.4. The van der Waals surface area contributed by atoms with E-state index in [0.717, 1.165) is 11.1 Å². The van der Waals surface area contributed by atoms with Crippen LogP contribution in [0.2, 0.25) is 0 Å². The van der Waals surface area contributed by atoms with E-state index in [9.17, 15) is 28.8 Å². The van der Waals surface area contributed by atoms with E-state index in [-0.39, 0.29) is 36.7 Å². The molecule has 2 aliphatic heterocycles. The van der Waals surface area contributed by atoms with Crippen molar-refractivity contribution in [3.05, 3.63) is 65.2 Å². The fourth-order valence-corrected chi connectivity index (χ4v) is 5.70. The molecule has 2 aliphatic rings. The average Bonchev–Trinajstić information content (AvgIpc) is 3.26. The smallest absolute Gasteiger partial charge is 0.255 e. The van der Waals surface area contributed by atoms with E-state index in [1.165, 1.54) is 0 Å². The third-order valence-corrected chi connectivity index (χ3v) is 8.31. The third kappa shape index (κ3) is 9.53. The Morgan fingerprint density at radius 3 is 2.17 bits per heavy atom. The molecule has 0 saturated carbocycles. The van der Waals surface area contributed by atoms with E-state index >= 15 is 0 Å². The van der Waals surface area contributed by atoms with Gasteiger partial charge in [-0.1, -0.05) is 50.2 Å². The van der Waals surface area contributed by atoms with Gasteiger partial charge < -0.3 is 36.6 Å². The molecular formula is C34H44N6O7. The highest BCUT2D eigenvalue weighted by Gasteiger charge is 2.34. The minimum absolute atomic E-state index is 0.00672. The van der Waals surface area contributed by atoms with Gasteiger partial charge in [0, 0.05) is 19.5 Å². The van der Waals surface area contributed by atoms with Crippen LogP contribution in [0.25, 0.3) is 0 Å². The number of primary amides is 1. The van der Waals surface area contributed by atoms with E-state index in [1.54, 1.807) is 49.9 Å². The van der Waals surface area contributed by atoms with Crippen molar-refractivity contribution in [1.29, 1.82) is 0 Å². The van der Waals surface area contributed by atoms with Crippen LogP contribution in [0.1, 0.15) is 61.5 Å². The van der Waals surface area contributed by atoms with Gasteiger partial charge in [-0.15, -0.1) is 0 Å². The van der Waals surface area contributed by atoms with Crippen molar-refractivity contribution < 1.29 is 33.5 Å². The Morgan fingerprint density at radius 1 is 0.894 bits per heavy atom. The zero-order chi connectivity index (χ0) is 34.1. The molecule has 252 valence electrons. The Kier molecular flexibility index (Phi) is 11.9. The van der Waals surface area contributed by atoms with Crippen molar-refractivity contribution in [3.8, 4) is 5.75 Å². The molecule has 0 bridgehead atoms. The topological polar surface area (TPSA) is 189 Å². The van der Waals surface area contributed by atoms with Gasteiger partial charge in [0.1, 0.15) is 30.5 Å². The van der Waals surface area contributed by atoms with Gasteiger partial charge in [-0.05, 0) is 55.4 Å². The quantitative estimate of drug-likeness (QED) is 0.314. The number of nitrogens with zero attached hydrogens (tertiary/aromatic N) is 1. The monoisotopic (exact) mass is 648 g/mol. The number of amides is 6. The van der Waals surface area contributed by atoms with Crippen LogP contribution in [0.4, 0.5) is 0 Å². The Balaban J connectivity index is 1.66. The van der Waals surface area contributed by atoms with Crippen molar-refractivity contribution in [2.45, 2.75) is 77.0 Å². The predicted octanol–water partition coefficient (Wildman–Crippen LogP) is 0.591. The van der Waals surface area contributed by atoms with Crippen molar-refractivity contribution >= 4 is 35.4 Å². The van der Waals surface area contributed by atoms with Crippen LogP contribution in [0.15, 0.2) is 48.5 Å². The first-order chi connectivity index (χ1) is 22.4. The highest BCUT2D eigenvalue weighted by atomic mass is 16.5. The standard InChI is InChI=1S/C34H44N6O7/c1-20(2)30-33(45)36-21(3)19-47-27-11-7-6-10-24(27)31(43)38-26(18-29(42)37-25(32(44)39-30)12-13-28(35)41)34(46)40-16-14-22-8-4-5-9-23(22)15-17-40/h4-11,20-21,25-26,30H,12-19H2,1-3H3,(H2,35,41)(H,36,45)(H,37,42)(H,38,43)(H,39,44)/t21-,25-,26-,30+/m0/s1. The minimum Gasteiger partial charge on any atom is -0.491 e. The maximum absolute atomic E-state index is 14.0. The summed E-state index contributed by atoms with van der Waals surface area (Å²) in [6.07, 6.45) is 0.399. The number of rotatable bonds is 5. The second kappa shape index (κ2) is 16.1. The van der Waals surface area contributed by atoms with Gasteiger partial charge in [0.05, 0.1) is 18.0 Å². The Hall–Kier alpha value is -4.94. The lowest BCUT2D eigenvalue weighted by Crippen LogP contribution is -2.57. The van der Waals surface area contributed by atoms with E-state index in [1.807, 2.05) is 24.3 Å². The molecule has 47 heavy (non-hydrogen) atoms. The van der Waals surface area contributed by atoms with Crippen LogP contribution >= 0.6 is 0 Å². The van der Waals surface area contributed by atoms with Crippen molar-refractivity contribution in [2.75, 3.05) is 19.7 Å². The molecule has 0 aromatic heterocycles. The SMILES string of the molecule is CC(C)[C@H]1NC(=O)[C@H](CCC(N)=O)NC(=O)C[C@@H](C(=O)N2CCc3ccccc3CC2)NC(=O)c2ccccc2OC[C@H](C)NC1=O. The highest BCUT2D eigenvalue weighted by molar-refractivity contribution is 6.01. The molecule has 2 aromatic carbocycles. The number of para-hydroxylation sites is 1. The van der Waals surface area contributed by atoms with E-state index in [0.29, 0.717) is 25.9 Å². The average molecular weight is 649 g/mol. The summed E-state index contributed by atoms with van der Waals surface area (Å²) in [6, 6.07) is 10.4.